The second kappa shape index (κ2) is 8.04. The second-order valence-electron chi connectivity index (χ2n) is 10.9. The second-order valence-corrected chi connectivity index (χ2v) is 10.9. The molecule has 178 valence electrons. The number of para-hydroxylation sites is 1. The van der Waals surface area contributed by atoms with Crippen LogP contribution in [0.25, 0.3) is 60.4 Å². The van der Waals surface area contributed by atoms with E-state index >= 15 is 0 Å². The van der Waals surface area contributed by atoms with Crippen LogP contribution in [0.5, 0.6) is 0 Å². The Bertz CT molecular complexity index is 1920. The van der Waals surface area contributed by atoms with E-state index in [1.807, 2.05) is 0 Å². The molecule has 0 saturated heterocycles. The van der Waals surface area contributed by atoms with Crippen LogP contribution in [0.3, 0.4) is 0 Å². The summed E-state index contributed by atoms with van der Waals surface area (Å²) in [6, 6.07) is 41.5. The zero-order valence-corrected chi connectivity index (χ0v) is 21.4. The summed E-state index contributed by atoms with van der Waals surface area (Å²) in [6.07, 6.45) is 0. The summed E-state index contributed by atoms with van der Waals surface area (Å²) in [6.45, 7) is 6.84. The van der Waals surface area contributed by atoms with E-state index in [9.17, 15) is 0 Å². The monoisotopic (exact) mass is 476 g/mol. The number of fused-ring (bicyclic) bond motifs is 7. The molecule has 37 heavy (non-hydrogen) atoms. The van der Waals surface area contributed by atoms with Gasteiger partial charge in [-0.25, -0.2) is 4.98 Å². The van der Waals surface area contributed by atoms with Gasteiger partial charge in [-0.2, -0.15) is 0 Å². The molecule has 0 atom stereocenters. The van der Waals surface area contributed by atoms with Crippen molar-refractivity contribution in [1.82, 2.24) is 9.55 Å². The maximum Gasteiger partial charge on any atom is 0.145 e. The molecular weight excluding hydrogens is 448 g/mol. The number of hydrogen-bond donors (Lipinski definition) is 0. The highest BCUT2D eigenvalue weighted by Crippen LogP contribution is 2.39. The van der Waals surface area contributed by atoms with Gasteiger partial charge in [-0.05, 0) is 61.5 Å². The van der Waals surface area contributed by atoms with Crippen LogP contribution in [0.2, 0.25) is 0 Å². The van der Waals surface area contributed by atoms with Gasteiger partial charge in [0.05, 0.1) is 11.0 Å². The SMILES string of the molecule is CC(C)(C)c1cccc2nc(-c3ccccc3)n(-c3ccc4c5ccccc5c5ccccc5c4c3)c12. The summed E-state index contributed by atoms with van der Waals surface area (Å²) in [5.41, 5.74) is 5.72. The highest BCUT2D eigenvalue weighted by atomic mass is 15.1. The lowest BCUT2D eigenvalue weighted by Crippen LogP contribution is -2.13. The molecule has 0 unspecified atom stereocenters. The Balaban J connectivity index is 1.63. The smallest absolute Gasteiger partial charge is 0.145 e. The molecule has 0 spiro atoms. The number of nitrogens with zero attached hydrogens (tertiary/aromatic N) is 2. The lowest BCUT2D eigenvalue weighted by Gasteiger charge is -2.22. The van der Waals surface area contributed by atoms with Gasteiger partial charge in [0.2, 0.25) is 0 Å². The Morgan fingerprint density at radius 3 is 1.73 bits per heavy atom. The van der Waals surface area contributed by atoms with Crippen molar-refractivity contribution < 1.29 is 0 Å². The Labute approximate surface area is 216 Å². The standard InChI is InChI=1S/C35H28N2/c1-35(2,3)31-18-11-19-32-33(31)37(34(36-32)23-12-5-4-6-13-23)24-20-21-29-27-16-8-7-14-25(27)26-15-9-10-17-28(26)30(29)22-24/h4-22H,1-3H3. The predicted octanol–water partition coefficient (Wildman–Crippen LogP) is 9.45. The summed E-state index contributed by atoms with van der Waals surface area (Å²) >= 11 is 0. The number of benzene rings is 6. The van der Waals surface area contributed by atoms with E-state index in [1.165, 1.54) is 43.4 Å². The molecule has 1 aromatic heterocycles. The fraction of sp³-hybridized carbons (Fsp3) is 0.114. The first-order valence-electron chi connectivity index (χ1n) is 12.9. The first kappa shape index (κ1) is 21.8. The molecule has 7 aromatic rings. The van der Waals surface area contributed by atoms with Crippen LogP contribution in [0.4, 0.5) is 0 Å². The van der Waals surface area contributed by atoms with Crippen molar-refractivity contribution >= 4 is 43.4 Å². The average Bonchev–Trinajstić information content (AvgIpc) is 3.33. The molecule has 0 N–H and O–H groups in total. The van der Waals surface area contributed by atoms with E-state index < -0.39 is 0 Å². The highest BCUT2D eigenvalue weighted by Gasteiger charge is 2.23. The van der Waals surface area contributed by atoms with Gasteiger partial charge >= 0.3 is 0 Å². The Morgan fingerprint density at radius 2 is 1.11 bits per heavy atom. The molecule has 0 aliphatic rings. The molecule has 0 radical (unpaired) electrons. The van der Waals surface area contributed by atoms with Crippen molar-refractivity contribution in [1.29, 1.82) is 0 Å². The third kappa shape index (κ3) is 3.37. The summed E-state index contributed by atoms with van der Waals surface area (Å²) in [5.74, 6) is 0.969. The predicted molar refractivity (Wildman–Crippen MR) is 158 cm³/mol. The van der Waals surface area contributed by atoms with E-state index in [4.69, 9.17) is 4.98 Å². The minimum atomic E-state index is -0.0228. The van der Waals surface area contributed by atoms with Crippen LogP contribution in [0.1, 0.15) is 26.3 Å². The molecule has 0 fully saturated rings. The Morgan fingerprint density at radius 1 is 0.541 bits per heavy atom. The normalized spacial score (nSPS) is 12.2. The van der Waals surface area contributed by atoms with E-state index in [0.29, 0.717) is 0 Å². The third-order valence-corrected chi connectivity index (χ3v) is 7.50. The number of hydrogen-bond acceptors (Lipinski definition) is 1. The molecule has 0 saturated carbocycles. The fourth-order valence-corrected chi connectivity index (χ4v) is 5.80. The molecule has 0 amide bonds. The van der Waals surface area contributed by atoms with Gasteiger partial charge in [0.1, 0.15) is 5.82 Å². The Kier molecular flexibility index (Phi) is 4.74. The third-order valence-electron chi connectivity index (χ3n) is 7.50. The minimum absolute atomic E-state index is 0.0228. The first-order chi connectivity index (χ1) is 18.0. The zero-order valence-electron chi connectivity index (χ0n) is 21.4. The lowest BCUT2D eigenvalue weighted by atomic mass is 9.86. The summed E-state index contributed by atoms with van der Waals surface area (Å²) in [7, 11) is 0. The van der Waals surface area contributed by atoms with E-state index in [2.05, 4.69) is 141 Å². The van der Waals surface area contributed by atoms with Gasteiger partial charge in [-0.3, -0.25) is 4.57 Å². The molecule has 0 aliphatic heterocycles. The van der Waals surface area contributed by atoms with Crippen molar-refractivity contribution in [2.24, 2.45) is 0 Å². The van der Waals surface area contributed by atoms with Crippen LogP contribution in [-0.2, 0) is 5.41 Å². The quantitative estimate of drug-likeness (QED) is 0.227. The van der Waals surface area contributed by atoms with Crippen molar-refractivity contribution in [3.63, 3.8) is 0 Å². The summed E-state index contributed by atoms with van der Waals surface area (Å²) in [5, 5.41) is 7.70. The molecule has 0 bridgehead atoms. The molecular formula is C35H28N2. The largest absolute Gasteiger partial charge is 0.292 e. The first-order valence-corrected chi connectivity index (χ1v) is 12.9. The number of aromatic nitrogens is 2. The maximum absolute atomic E-state index is 5.19. The van der Waals surface area contributed by atoms with Crippen LogP contribution in [-0.4, -0.2) is 9.55 Å². The van der Waals surface area contributed by atoms with Crippen molar-refractivity contribution in [2.75, 3.05) is 0 Å². The maximum atomic E-state index is 5.19. The Hall–Kier alpha value is -4.43. The van der Waals surface area contributed by atoms with Crippen LogP contribution >= 0.6 is 0 Å². The van der Waals surface area contributed by atoms with Crippen molar-refractivity contribution in [2.45, 2.75) is 26.2 Å². The van der Waals surface area contributed by atoms with Gasteiger partial charge in [0.25, 0.3) is 0 Å². The van der Waals surface area contributed by atoms with E-state index in [1.54, 1.807) is 0 Å². The fourth-order valence-electron chi connectivity index (χ4n) is 5.80. The van der Waals surface area contributed by atoms with Gasteiger partial charge in [0, 0.05) is 11.3 Å². The molecule has 0 aliphatic carbocycles. The lowest BCUT2D eigenvalue weighted by molar-refractivity contribution is 0.594. The van der Waals surface area contributed by atoms with Crippen molar-refractivity contribution in [3.05, 3.63) is 121 Å². The molecule has 2 nitrogen and oxygen atoms in total. The minimum Gasteiger partial charge on any atom is -0.292 e. The number of imidazole rings is 1. The molecule has 7 rings (SSSR count). The number of rotatable bonds is 2. The van der Waals surface area contributed by atoms with E-state index in [-0.39, 0.29) is 5.41 Å². The van der Waals surface area contributed by atoms with Gasteiger partial charge in [-0.1, -0.05) is 118 Å². The average molecular weight is 477 g/mol. The van der Waals surface area contributed by atoms with E-state index in [0.717, 1.165) is 22.6 Å². The molecule has 1 heterocycles. The van der Waals surface area contributed by atoms with Crippen LogP contribution in [0, 0.1) is 0 Å². The van der Waals surface area contributed by atoms with Gasteiger partial charge < -0.3 is 0 Å². The summed E-state index contributed by atoms with van der Waals surface area (Å²) in [4.78, 5) is 5.19. The molecule has 6 aromatic carbocycles. The summed E-state index contributed by atoms with van der Waals surface area (Å²) < 4.78 is 2.37. The van der Waals surface area contributed by atoms with Gasteiger partial charge in [0.15, 0.2) is 0 Å². The molecule has 2 heteroatoms. The van der Waals surface area contributed by atoms with Gasteiger partial charge in [-0.15, -0.1) is 0 Å². The highest BCUT2D eigenvalue weighted by molar-refractivity contribution is 6.25. The van der Waals surface area contributed by atoms with Crippen molar-refractivity contribution in [3.8, 4) is 17.1 Å². The topological polar surface area (TPSA) is 17.8 Å². The van der Waals surface area contributed by atoms with Crippen LogP contribution in [0.15, 0.2) is 115 Å². The van der Waals surface area contributed by atoms with Crippen LogP contribution < -0.4 is 0 Å². The zero-order chi connectivity index (χ0) is 25.1.